The van der Waals surface area contributed by atoms with Gasteiger partial charge in [-0.15, -0.1) is 0 Å². The molecule has 1 aromatic carbocycles. The molecule has 1 heterocycles. The van der Waals surface area contributed by atoms with E-state index in [0.717, 1.165) is 22.5 Å². The van der Waals surface area contributed by atoms with Gasteiger partial charge in [0.25, 0.3) is 0 Å². The zero-order valence-electron chi connectivity index (χ0n) is 10.9. The Labute approximate surface area is 130 Å². The maximum atomic E-state index is 11.5. The number of hydrogen-bond acceptors (Lipinski definition) is 6. The zero-order chi connectivity index (χ0) is 15.6. The van der Waals surface area contributed by atoms with Gasteiger partial charge in [0, 0.05) is 23.7 Å². The van der Waals surface area contributed by atoms with Crippen molar-refractivity contribution in [2.24, 2.45) is 0 Å². The number of sulfone groups is 1. The molecule has 0 amide bonds. The molecule has 0 bridgehead atoms. The van der Waals surface area contributed by atoms with Gasteiger partial charge in [-0.25, -0.2) is 8.42 Å². The van der Waals surface area contributed by atoms with Crippen LogP contribution in [0.3, 0.4) is 0 Å². The molecular weight excluding hydrogens is 336 g/mol. The maximum Gasteiger partial charge on any atom is 0.324 e. The lowest BCUT2D eigenvalue weighted by atomic mass is 10.3. The Balaban J connectivity index is 2.17. The summed E-state index contributed by atoms with van der Waals surface area (Å²) in [6, 6.07) is 7.44. The second-order valence-electron chi connectivity index (χ2n) is 4.26. The van der Waals surface area contributed by atoms with E-state index in [1.807, 2.05) is 0 Å². The van der Waals surface area contributed by atoms with Crippen molar-refractivity contribution in [1.29, 1.82) is 0 Å². The van der Waals surface area contributed by atoms with Crippen molar-refractivity contribution in [3.8, 4) is 0 Å². The van der Waals surface area contributed by atoms with Crippen LogP contribution in [0, 0.1) is 10.1 Å². The largest absolute Gasteiger partial charge is 0.379 e. The van der Waals surface area contributed by atoms with Crippen molar-refractivity contribution in [2.45, 2.75) is 11.4 Å². The molecular formula is C12H11ClN2O4S2. The van der Waals surface area contributed by atoms with Crippen LogP contribution >= 0.6 is 22.9 Å². The first-order valence-electron chi connectivity index (χ1n) is 5.74. The molecule has 0 spiro atoms. The zero-order valence-corrected chi connectivity index (χ0v) is 13.3. The molecule has 0 saturated carbocycles. The van der Waals surface area contributed by atoms with Crippen LogP contribution in [-0.2, 0) is 16.4 Å². The summed E-state index contributed by atoms with van der Waals surface area (Å²) in [6.45, 7) is 0.325. The Bertz CT molecular complexity index is 786. The summed E-state index contributed by atoms with van der Waals surface area (Å²) in [6.07, 6.45) is 1.11. The van der Waals surface area contributed by atoms with Gasteiger partial charge >= 0.3 is 5.00 Å². The number of nitrogens with one attached hydrogen (secondary N) is 1. The molecule has 9 heteroatoms. The number of nitrogens with zero attached hydrogens (tertiary/aromatic N) is 1. The smallest absolute Gasteiger partial charge is 0.324 e. The molecule has 0 radical (unpaired) electrons. The van der Waals surface area contributed by atoms with E-state index in [-0.39, 0.29) is 9.90 Å². The van der Waals surface area contributed by atoms with Gasteiger partial charge in [0.2, 0.25) is 0 Å². The number of rotatable bonds is 5. The van der Waals surface area contributed by atoms with Crippen LogP contribution in [-0.4, -0.2) is 19.6 Å². The summed E-state index contributed by atoms with van der Waals surface area (Å²) in [5.74, 6) is 0. The molecule has 21 heavy (non-hydrogen) atoms. The SMILES string of the molecule is CS(=O)(=O)c1ccc(Cl)c(NCc2ccc([N+](=O)[O-])s2)c1. The molecule has 0 aliphatic heterocycles. The van der Waals surface area contributed by atoms with Crippen molar-refractivity contribution >= 4 is 43.5 Å². The first-order valence-corrected chi connectivity index (χ1v) is 8.82. The second kappa shape index (κ2) is 6.00. The minimum absolute atomic E-state index is 0.0581. The van der Waals surface area contributed by atoms with E-state index in [9.17, 15) is 18.5 Å². The summed E-state index contributed by atoms with van der Waals surface area (Å²) in [5, 5.41) is 14.0. The van der Waals surface area contributed by atoms with Crippen molar-refractivity contribution in [3.05, 3.63) is 50.3 Å². The lowest BCUT2D eigenvalue weighted by Crippen LogP contribution is -2.02. The molecule has 0 aliphatic carbocycles. The Hall–Kier alpha value is -1.64. The lowest BCUT2D eigenvalue weighted by Gasteiger charge is -2.08. The number of nitro groups is 1. The summed E-state index contributed by atoms with van der Waals surface area (Å²) >= 11 is 7.06. The minimum atomic E-state index is -3.32. The molecule has 0 atom stereocenters. The van der Waals surface area contributed by atoms with E-state index in [0.29, 0.717) is 17.3 Å². The topological polar surface area (TPSA) is 89.3 Å². The van der Waals surface area contributed by atoms with Crippen LogP contribution in [0.5, 0.6) is 0 Å². The molecule has 0 unspecified atom stereocenters. The van der Waals surface area contributed by atoms with Crippen LogP contribution in [0.1, 0.15) is 4.88 Å². The quantitative estimate of drug-likeness (QED) is 0.662. The van der Waals surface area contributed by atoms with Crippen molar-refractivity contribution in [1.82, 2.24) is 0 Å². The van der Waals surface area contributed by atoms with E-state index in [1.54, 1.807) is 6.07 Å². The van der Waals surface area contributed by atoms with Gasteiger partial charge in [-0.2, -0.15) is 0 Å². The molecule has 1 N–H and O–H groups in total. The van der Waals surface area contributed by atoms with Gasteiger partial charge in [0.15, 0.2) is 9.84 Å². The summed E-state index contributed by atoms with van der Waals surface area (Å²) < 4.78 is 23.0. The first kappa shape index (κ1) is 15.7. The monoisotopic (exact) mass is 346 g/mol. The first-order chi connectivity index (χ1) is 9.77. The second-order valence-corrected chi connectivity index (χ2v) is 7.83. The standard InChI is InChI=1S/C12H11ClN2O4S2/c1-21(18,19)9-3-4-10(13)11(6-9)14-7-8-2-5-12(20-8)15(16)17/h2-6,14H,7H2,1H3. The van der Waals surface area contributed by atoms with E-state index in [2.05, 4.69) is 5.32 Å². The Morgan fingerprint density at radius 1 is 1.33 bits per heavy atom. The van der Waals surface area contributed by atoms with E-state index in [1.165, 1.54) is 24.3 Å². The highest BCUT2D eigenvalue weighted by atomic mass is 35.5. The molecule has 6 nitrogen and oxygen atoms in total. The molecule has 112 valence electrons. The molecule has 0 fully saturated rings. The van der Waals surface area contributed by atoms with Crippen molar-refractivity contribution in [3.63, 3.8) is 0 Å². The Kier molecular flexibility index (Phi) is 4.50. The van der Waals surface area contributed by atoms with Crippen LogP contribution in [0.4, 0.5) is 10.7 Å². The van der Waals surface area contributed by atoms with Crippen LogP contribution in [0.25, 0.3) is 0 Å². The van der Waals surface area contributed by atoms with E-state index < -0.39 is 14.8 Å². The number of benzene rings is 1. The van der Waals surface area contributed by atoms with Gasteiger partial charge in [-0.05, 0) is 24.3 Å². The third-order valence-corrected chi connectivity index (χ3v) is 5.12. The number of halogens is 1. The normalized spacial score (nSPS) is 11.3. The van der Waals surface area contributed by atoms with Crippen LogP contribution in [0.2, 0.25) is 5.02 Å². The predicted octanol–water partition coefficient (Wildman–Crippen LogP) is 3.33. The number of hydrogen-bond donors (Lipinski definition) is 1. The number of thiophene rings is 1. The maximum absolute atomic E-state index is 11.5. The fourth-order valence-electron chi connectivity index (χ4n) is 1.61. The lowest BCUT2D eigenvalue weighted by molar-refractivity contribution is -0.380. The van der Waals surface area contributed by atoms with Crippen molar-refractivity contribution < 1.29 is 13.3 Å². The molecule has 2 aromatic rings. The van der Waals surface area contributed by atoms with Gasteiger partial charge in [0.05, 0.1) is 20.5 Å². The minimum Gasteiger partial charge on any atom is -0.379 e. The summed E-state index contributed by atoms with van der Waals surface area (Å²) in [5.41, 5.74) is 0.468. The summed E-state index contributed by atoms with van der Waals surface area (Å²) in [4.78, 5) is 11.1. The Morgan fingerprint density at radius 3 is 2.62 bits per heavy atom. The highest BCUT2D eigenvalue weighted by Crippen LogP contribution is 2.28. The van der Waals surface area contributed by atoms with Gasteiger partial charge < -0.3 is 5.32 Å². The van der Waals surface area contributed by atoms with Crippen molar-refractivity contribution in [2.75, 3.05) is 11.6 Å². The van der Waals surface area contributed by atoms with Gasteiger partial charge in [-0.3, -0.25) is 10.1 Å². The molecule has 0 aliphatic rings. The fourth-order valence-corrected chi connectivity index (χ4v) is 3.20. The van der Waals surface area contributed by atoms with Crippen LogP contribution < -0.4 is 5.32 Å². The average molecular weight is 347 g/mol. The Morgan fingerprint density at radius 2 is 2.05 bits per heavy atom. The van der Waals surface area contributed by atoms with Gasteiger partial charge in [0.1, 0.15) is 0 Å². The molecule has 2 rings (SSSR count). The highest BCUT2D eigenvalue weighted by Gasteiger charge is 2.12. The summed E-state index contributed by atoms with van der Waals surface area (Å²) in [7, 11) is -3.32. The number of anilines is 1. The van der Waals surface area contributed by atoms with Crippen LogP contribution in [0.15, 0.2) is 35.2 Å². The predicted molar refractivity (Wildman–Crippen MR) is 82.9 cm³/mol. The van der Waals surface area contributed by atoms with E-state index in [4.69, 9.17) is 11.6 Å². The van der Waals surface area contributed by atoms with E-state index >= 15 is 0 Å². The third kappa shape index (κ3) is 3.93. The third-order valence-electron chi connectivity index (χ3n) is 2.65. The average Bonchev–Trinajstić information content (AvgIpc) is 2.85. The molecule has 1 aromatic heterocycles. The highest BCUT2D eigenvalue weighted by molar-refractivity contribution is 7.90. The van der Waals surface area contributed by atoms with Gasteiger partial charge in [-0.1, -0.05) is 22.9 Å². The molecule has 0 saturated heterocycles. The fraction of sp³-hybridized carbons (Fsp3) is 0.167.